The van der Waals surface area contributed by atoms with Crippen LogP contribution in [0.5, 0.6) is 5.75 Å². The summed E-state index contributed by atoms with van der Waals surface area (Å²) in [6.07, 6.45) is 0. The number of rotatable bonds is 7. The number of nitrogens with zero attached hydrogens (tertiary/aromatic N) is 1. The summed E-state index contributed by atoms with van der Waals surface area (Å²) in [5.74, 6) is 1.24. The SMILES string of the molecule is O=C(COc1ccccc1)Nc1nc(CSc2ccccc2)cs1. The standard InChI is InChI=1S/C18H16N2O2S2/c21-17(11-22-15-7-3-1-4-8-15)20-18-19-14(13-24-18)12-23-16-9-5-2-6-10-16/h1-10,13H,11-12H2,(H,19,20,21). The van der Waals surface area contributed by atoms with Crippen molar-refractivity contribution < 1.29 is 9.53 Å². The number of thioether (sulfide) groups is 1. The number of hydrogen-bond donors (Lipinski definition) is 1. The van der Waals surface area contributed by atoms with Gasteiger partial charge in [-0.05, 0) is 24.3 Å². The Balaban J connectivity index is 1.46. The van der Waals surface area contributed by atoms with Crippen molar-refractivity contribution in [3.05, 3.63) is 71.7 Å². The fourth-order valence-corrected chi connectivity index (χ4v) is 3.57. The number of nitrogens with one attached hydrogen (secondary N) is 1. The zero-order chi connectivity index (χ0) is 16.6. The Morgan fingerprint density at radius 3 is 2.54 bits per heavy atom. The smallest absolute Gasteiger partial charge is 0.264 e. The monoisotopic (exact) mass is 356 g/mol. The highest BCUT2D eigenvalue weighted by molar-refractivity contribution is 7.98. The first-order valence-electron chi connectivity index (χ1n) is 7.39. The van der Waals surface area contributed by atoms with Crippen LogP contribution < -0.4 is 10.1 Å². The van der Waals surface area contributed by atoms with Crippen molar-refractivity contribution >= 4 is 34.1 Å². The fourth-order valence-electron chi connectivity index (χ4n) is 1.93. The summed E-state index contributed by atoms with van der Waals surface area (Å²) in [5, 5.41) is 5.32. The van der Waals surface area contributed by atoms with Crippen molar-refractivity contribution in [3.63, 3.8) is 0 Å². The summed E-state index contributed by atoms with van der Waals surface area (Å²) in [5.41, 5.74) is 0.952. The van der Waals surface area contributed by atoms with Crippen molar-refractivity contribution in [2.75, 3.05) is 11.9 Å². The lowest BCUT2D eigenvalue weighted by Crippen LogP contribution is -2.20. The van der Waals surface area contributed by atoms with E-state index < -0.39 is 0 Å². The molecule has 3 rings (SSSR count). The number of para-hydroxylation sites is 1. The minimum Gasteiger partial charge on any atom is -0.484 e. The fraction of sp³-hybridized carbons (Fsp3) is 0.111. The maximum atomic E-state index is 11.9. The molecule has 0 radical (unpaired) electrons. The van der Waals surface area contributed by atoms with E-state index in [1.807, 2.05) is 53.9 Å². The molecule has 0 saturated carbocycles. The van der Waals surface area contributed by atoms with Gasteiger partial charge in [-0.15, -0.1) is 23.1 Å². The summed E-state index contributed by atoms with van der Waals surface area (Å²) in [7, 11) is 0. The molecule has 0 bridgehead atoms. The molecule has 0 unspecified atom stereocenters. The van der Waals surface area contributed by atoms with Gasteiger partial charge in [0.05, 0.1) is 5.69 Å². The summed E-state index contributed by atoms with van der Waals surface area (Å²) in [6, 6.07) is 19.4. The maximum Gasteiger partial charge on any atom is 0.264 e. The average molecular weight is 356 g/mol. The van der Waals surface area contributed by atoms with Gasteiger partial charge in [0.2, 0.25) is 0 Å². The van der Waals surface area contributed by atoms with Gasteiger partial charge in [0.1, 0.15) is 5.75 Å². The Morgan fingerprint density at radius 2 is 1.79 bits per heavy atom. The summed E-state index contributed by atoms with van der Waals surface area (Å²) < 4.78 is 5.41. The molecule has 122 valence electrons. The molecular weight excluding hydrogens is 340 g/mol. The molecule has 1 aromatic heterocycles. The molecule has 0 saturated heterocycles. The van der Waals surface area contributed by atoms with Gasteiger partial charge in [-0.1, -0.05) is 36.4 Å². The van der Waals surface area contributed by atoms with E-state index in [0.29, 0.717) is 10.9 Å². The number of thiazole rings is 1. The van der Waals surface area contributed by atoms with E-state index >= 15 is 0 Å². The van der Waals surface area contributed by atoms with Crippen molar-refractivity contribution in [2.24, 2.45) is 0 Å². The van der Waals surface area contributed by atoms with Crippen molar-refractivity contribution in [2.45, 2.75) is 10.6 Å². The molecule has 0 aliphatic carbocycles. The number of amides is 1. The molecule has 3 aromatic rings. The van der Waals surface area contributed by atoms with Crippen LogP contribution in [0.25, 0.3) is 0 Å². The molecule has 1 amide bonds. The van der Waals surface area contributed by atoms with Crippen molar-refractivity contribution in [3.8, 4) is 5.75 Å². The number of hydrogen-bond acceptors (Lipinski definition) is 5. The van der Waals surface area contributed by atoms with E-state index in [2.05, 4.69) is 22.4 Å². The van der Waals surface area contributed by atoms with Crippen LogP contribution in [-0.4, -0.2) is 17.5 Å². The molecule has 24 heavy (non-hydrogen) atoms. The van der Waals surface area contributed by atoms with Gasteiger partial charge in [-0.25, -0.2) is 4.98 Å². The minimum absolute atomic E-state index is 0.0301. The summed E-state index contributed by atoms with van der Waals surface area (Å²) >= 11 is 3.14. The first kappa shape index (κ1) is 16.5. The third-order valence-electron chi connectivity index (χ3n) is 3.04. The van der Waals surface area contributed by atoms with E-state index in [1.54, 1.807) is 11.8 Å². The number of ether oxygens (including phenoxy) is 1. The molecule has 0 aliphatic heterocycles. The topological polar surface area (TPSA) is 51.2 Å². The van der Waals surface area contributed by atoms with E-state index in [0.717, 1.165) is 11.4 Å². The molecule has 6 heteroatoms. The van der Waals surface area contributed by atoms with Crippen LogP contribution in [0.2, 0.25) is 0 Å². The van der Waals surface area contributed by atoms with Gasteiger partial charge in [0.15, 0.2) is 11.7 Å². The number of carbonyl (C=O) groups excluding carboxylic acids is 1. The molecular formula is C18H16N2O2S2. The first-order chi connectivity index (χ1) is 11.8. The van der Waals surface area contributed by atoms with E-state index in [-0.39, 0.29) is 12.5 Å². The largest absolute Gasteiger partial charge is 0.484 e. The molecule has 0 atom stereocenters. The number of benzene rings is 2. The Labute approximate surface area is 148 Å². The van der Waals surface area contributed by atoms with Crippen molar-refractivity contribution in [1.29, 1.82) is 0 Å². The Bertz CT molecular complexity index is 776. The van der Waals surface area contributed by atoms with Crippen LogP contribution >= 0.6 is 23.1 Å². The zero-order valence-electron chi connectivity index (χ0n) is 12.8. The molecule has 1 heterocycles. The minimum atomic E-state index is -0.213. The highest BCUT2D eigenvalue weighted by atomic mass is 32.2. The second-order valence-electron chi connectivity index (χ2n) is 4.90. The zero-order valence-corrected chi connectivity index (χ0v) is 14.5. The Hall–Kier alpha value is -2.31. The molecule has 2 aromatic carbocycles. The Morgan fingerprint density at radius 1 is 1.08 bits per heavy atom. The van der Waals surface area contributed by atoms with E-state index in [1.165, 1.54) is 16.2 Å². The molecule has 0 fully saturated rings. The molecule has 4 nitrogen and oxygen atoms in total. The maximum absolute atomic E-state index is 11.9. The number of carbonyl (C=O) groups is 1. The predicted molar refractivity (Wildman–Crippen MR) is 98.7 cm³/mol. The van der Waals surface area contributed by atoms with Crippen LogP contribution in [0.15, 0.2) is 70.9 Å². The first-order valence-corrected chi connectivity index (χ1v) is 9.26. The lowest BCUT2D eigenvalue weighted by Gasteiger charge is -2.05. The highest BCUT2D eigenvalue weighted by Gasteiger charge is 2.08. The summed E-state index contributed by atoms with van der Waals surface area (Å²) in [6.45, 7) is -0.0301. The van der Waals surface area contributed by atoms with Crippen LogP contribution in [0.1, 0.15) is 5.69 Å². The quantitative estimate of drug-likeness (QED) is 0.635. The normalized spacial score (nSPS) is 10.3. The second-order valence-corrected chi connectivity index (χ2v) is 6.80. The van der Waals surface area contributed by atoms with E-state index in [9.17, 15) is 4.79 Å². The lowest BCUT2D eigenvalue weighted by molar-refractivity contribution is -0.118. The third kappa shape index (κ3) is 5.11. The second kappa shape index (κ2) is 8.52. The highest BCUT2D eigenvalue weighted by Crippen LogP contribution is 2.24. The van der Waals surface area contributed by atoms with Gasteiger partial charge < -0.3 is 4.74 Å². The van der Waals surface area contributed by atoms with Crippen molar-refractivity contribution in [1.82, 2.24) is 4.98 Å². The molecule has 0 spiro atoms. The number of anilines is 1. The molecule has 1 N–H and O–H groups in total. The van der Waals surface area contributed by atoms with Crippen LogP contribution in [-0.2, 0) is 10.5 Å². The van der Waals surface area contributed by atoms with E-state index in [4.69, 9.17) is 4.74 Å². The van der Waals surface area contributed by atoms with Gasteiger partial charge in [-0.2, -0.15) is 0 Å². The number of aromatic nitrogens is 1. The van der Waals surface area contributed by atoms with Crippen LogP contribution in [0, 0.1) is 0 Å². The predicted octanol–water partition coefficient (Wildman–Crippen LogP) is 4.45. The van der Waals surface area contributed by atoms with Gasteiger partial charge in [0.25, 0.3) is 5.91 Å². The molecule has 0 aliphatic rings. The third-order valence-corrected chi connectivity index (χ3v) is 4.89. The van der Waals surface area contributed by atoms with Crippen LogP contribution in [0.4, 0.5) is 5.13 Å². The van der Waals surface area contributed by atoms with Gasteiger partial charge in [0, 0.05) is 16.0 Å². The van der Waals surface area contributed by atoms with Gasteiger partial charge in [-0.3, -0.25) is 10.1 Å². The van der Waals surface area contributed by atoms with Crippen LogP contribution in [0.3, 0.4) is 0 Å². The average Bonchev–Trinajstić information content (AvgIpc) is 3.07. The van der Waals surface area contributed by atoms with Gasteiger partial charge >= 0.3 is 0 Å². The summed E-state index contributed by atoms with van der Waals surface area (Å²) in [4.78, 5) is 17.5. The Kier molecular flexibility index (Phi) is 5.87. The lowest BCUT2D eigenvalue weighted by atomic mass is 10.3.